The van der Waals surface area contributed by atoms with Crippen molar-refractivity contribution in [3.05, 3.63) is 169 Å². The van der Waals surface area contributed by atoms with Crippen LogP contribution in [0.3, 0.4) is 0 Å². The van der Waals surface area contributed by atoms with Gasteiger partial charge in [-0.25, -0.2) is 19.1 Å². The fraction of sp³-hybridized carbons (Fsp3) is 0.111. The van der Waals surface area contributed by atoms with Gasteiger partial charge in [-0.2, -0.15) is 0 Å². The Morgan fingerprint density at radius 2 is 0.734 bits per heavy atom. The molecule has 312 valence electrons. The Kier molecular flexibility index (Phi) is 10.0. The molecule has 8 aromatic rings. The van der Waals surface area contributed by atoms with Crippen LogP contribution < -0.4 is 28.1 Å². The minimum absolute atomic E-state index is 0.322. The van der Waals surface area contributed by atoms with Crippen molar-refractivity contribution in [1.29, 1.82) is 0 Å². The van der Waals surface area contributed by atoms with Crippen molar-refractivity contribution in [3.8, 4) is 67.5 Å². The zero-order valence-electron chi connectivity index (χ0n) is 35.4. The second-order valence-corrected chi connectivity index (χ2v) is 15.9. The van der Waals surface area contributed by atoms with E-state index in [1.165, 1.54) is 0 Å². The van der Waals surface area contributed by atoms with E-state index in [1.54, 1.807) is 0 Å². The van der Waals surface area contributed by atoms with Crippen LogP contribution in [0.4, 0.5) is 0 Å². The summed E-state index contributed by atoms with van der Waals surface area (Å²) in [6, 6.07) is 40.9. The Labute approximate surface area is 370 Å². The van der Waals surface area contributed by atoms with Crippen molar-refractivity contribution in [2.45, 2.75) is 0 Å². The van der Waals surface area contributed by atoms with E-state index in [1.807, 2.05) is 83.9 Å². The monoisotopic (exact) mass is 840 g/mol. The van der Waals surface area contributed by atoms with E-state index in [0.29, 0.717) is 37.9 Å². The fourth-order valence-corrected chi connectivity index (χ4v) is 8.57. The summed E-state index contributed by atoms with van der Waals surface area (Å²) in [5.41, 5.74) is 14.3. The van der Waals surface area contributed by atoms with Gasteiger partial charge in [0.15, 0.2) is 24.8 Å². The SMILES string of the molecule is C[n+]1ccc(-c2c3nc(c4c5ccc([nH]5)c(-c5cc[n+](C)cc5)c5nc(c(c6ccc2[nH]6)-c2ccccc2OCCOc2ccc(cc2)OCCOc2ccccc2-4)C=C5)C=C3)cc1. The Bertz CT molecular complexity index is 3070. The van der Waals surface area contributed by atoms with E-state index in [2.05, 4.69) is 120 Å². The number of aromatic nitrogens is 6. The summed E-state index contributed by atoms with van der Waals surface area (Å²) < 4.78 is 29.5. The highest BCUT2D eigenvalue weighted by molar-refractivity contribution is 6.00. The summed E-state index contributed by atoms with van der Waals surface area (Å²) >= 11 is 0. The van der Waals surface area contributed by atoms with Gasteiger partial charge in [0.1, 0.15) is 63.5 Å². The molecule has 0 amide bonds. The van der Waals surface area contributed by atoms with Gasteiger partial charge in [0.05, 0.1) is 22.8 Å². The van der Waals surface area contributed by atoms with Crippen molar-refractivity contribution in [1.82, 2.24) is 19.9 Å². The third-order valence-electron chi connectivity index (χ3n) is 11.6. The number of aryl methyl sites for hydroxylation is 2. The standard InChI is InChI=1S/C54H43N6O4/c1-59-27-23-35(24-28-59)51-41-15-19-45(55-41)53-39-7-3-5-9-49(39)63-33-31-61-37-11-13-38(14-12-37)62-32-34-64-50-10-6-4-8-40(50)54(46-20-16-42(51)56-46)48-22-18-44(58-48)52(43-17-21-47(53)57-43)36-25-29-60(2)30-26-36/h3-30H,31-34H2,1-2H3,(H,55,56,57,58)/q+1/p+1. The van der Waals surface area contributed by atoms with E-state index in [4.69, 9.17) is 28.9 Å². The number of H-pyrrole nitrogens is 2. The molecule has 2 N–H and O–H groups in total. The zero-order valence-corrected chi connectivity index (χ0v) is 35.4. The highest BCUT2D eigenvalue weighted by Crippen LogP contribution is 2.41. The van der Waals surface area contributed by atoms with E-state index in [0.717, 1.165) is 101 Å². The lowest BCUT2D eigenvalue weighted by molar-refractivity contribution is -0.671. The van der Waals surface area contributed by atoms with Crippen LogP contribution in [0.5, 0.6) is 23.0 Å². The highest BCUT2D eigenvalue weighted by atomic mass is 16.5. The number of ether oxygens (including phenoxy) is 4. The number of pyridine rings is 2. The average molecular weight is 841 g/mol. The Balaban J connectivity index is 1.26. The molecule has 6 aliphatic heterocycles. The predicted molar refractivity (Wildman–Crippen MR) is 251 cm³/mol. The van der Waals surface area contributed by atoms with Gasteiger partial charge in [-0.1, -0.05) is 36.4 Å². The van der Waals surface area contributed by atoms with E-state index in [-0.39, 0.29) is 0 Å². The molecule has 0 spiro atoms. The quantitative estimate of drug-likeness (QED) is 0.168. The van der Waals surface area contributed by atoms with Gasteiger partial charge < -0.3 is 28.9 Å². The zero-order chi connectivity index (χ0) is 43.0. The van der Waals surface area contributed by atoms with Crippen LogP contribution >= 0.6 is 0 Å². The molecule has 64 heavy (non-hydrogen) atoms. The fourth-order valence-electron chi connectivity index (χ4n) is 8.57. The van der Waals surface area contributed by atoms with Crippen molar-refractivity contribution < 1.29 is 28.1 Å². The third kappa shape index (κ3) is 7.45. The molecule has 0 saturated carbocycles. The first-order chi connectivity index (χ1) is 31.5. The summed E-state index contributed by atoms with van der Waals surface area (Å²) in [7, 11) is 4.04. The minimum Gasteiger partial charge on any atom is -0.490 e. The molecule has 0 unspecified atom stereocenters. The van der Waals surface area contributed by atoms with E-state index in [9.17, 15) is 0 Å². The van der Waals surface area contributed by atoms with Gasteiger partial charge in [0, 0.05) is 79.7 Å². The largest absolute Gasteiger partial charge is 0.490 e. The van der Waals surface area contributed by atoms with Crippen molar-refractivity contribution >= 4 is 46.4 Å². The van der Waals surface area contributed by atoms with Gasteiger partial charge in [-0.15, -0.1) is 0 Å². The number of hydrogen-bond donors (Lipinski definition) is 2. The molecule has 0 fully saturated rings. The molecular weight excluding hydrogens is 797 g/mol. The number of nitrogens with one attached hydrogen (secondary N) is 2. The maximum atomic E-state index is 6.56. The van der Waals surface area contributed by atoms with Crippen molar-refractivity contribution in [2.24, 2.45) is 14.1 Å². The molecule has 3 aromatic carbocycles. The van der Waals surface area contributed by atoms with Crippen LogP contribution in [-0.4, -0.2) is 46.4 Å². The molecule has 14 rings (SSSR count). The van der Waals surface area contributed by atoms with Crippen LogP contribution in [0.25, 0.3) is 90.9 Å². The topological polar surface area (TPSA) is 102 Å². The maximum Gasteiger partial charge on any atom is 0.169 e. The molecule has 0 radical (unpaired) electrons. The van der Waals surface area contributed by atoms with Gasteiger partial charge in [0.25, 0.3) is 0 Å². The van der Waals surface area contributed by atoms with Crippen LogP contribution in [0, 0.1) is 0 Å². The minimum atomic E-state index is 0.322. The number of para-hydroxylation sites is 2. The Morgan fingerprint density at radius 1 is 0.391 bits per heavy atom. The normalized spacial score (nSPS) is 13.3. The van der Waals surface area contributed by atoms with Crippen LogP contribution in [-0.2, 0) is 14.1 Å². The van der Waals surface area contributed by atoms with Crippen LogP contribution in [0.1, 0.15) is 22.8 Å². The smallest absolute Gasteiger partial charge is 0.169 e. The van der Waals surface area contributed by atoms with Crippen LogP contribution in [0.2, 0.25) is 0 Å². The van der Waals surface area contributed by atoms with Crippen LogP contribution in [0.15, 0.2) is 146 Å². The lowest BCUT2D eigenvalue weighted by atomic mass is 10.0. The molecule has 0 aliphatic carbocycles. The van der Waals surface area contributed by atoms with Crippen molar-refractivity contribution in [2.75, 3.05) is 26.4 Å². The number of rotatable bonds is 2. The lowest BCUT2D eigenvalue weighted by Gasteiger charge is -2.14. The van der Waals surface area contributed by atoms with Gasteiger partial charge >= 0.3 is 0 Å². The Hall–Kier alpha value is -8.24. The predicted octanol–water partition coefficient (Wildman–Crippen LogP) is 10.2. The molecular formula is C54H44N6O4+2. The molecule has 12 bridgehead atoms. The molecule has 10 nitrogen and oxygen atoms in total. The Morgan fingerprint density at radius 3 is 1.14 bits per heavy atom. The maximum absolute atomic E-state index is 6.56. The number of benzene rings is 3. The summed E-state index contributed by atoms with van der Waals surface area (Å²) in [4.78, 5) is 18.7. The molecule has 6 aliphatic rings. The number of aromatic amines is 2. The van der Waals surface area contributed by atoms with Crippen molar-refractivity contribution in [3.63, 3.8) is 0 Å². The summed E-state index contributed by atoms with van der Waals surface area (Å²) in [5.74, 6) is 2.88. The second-order valence-electron chi connectivity index (χ2n) is 15.9. The van der Waals surface area contributed by atoms with E-state index < -0.39 is 0 Å². The average Bonchev–Trinajstić information content (AvgIpc) is 4.17. The molecule has 11 heterocycles. The molecule has 0 saturated heterocycles. The first kappa shape index (κ1) is 38.7. The lowest BCUT2D eigenvalue weighted by Crippen LogP contribution is -2.25. The molecule has 0 atom stereocenters. The first-order valence-corrected chi connectivity index (χ1v) is 21.4. The highest BCUT2D eigenvalue weighted by Gasteiger charge is 2.22. The number of nitrogens with zero attached hydrogens (tertiary/aromatic N) is 4. The molecule has 5 aromatic heterocycles. The van der Waals surface area contributed by atoms with Gasteiger partial charge in [0.2, 0.25) is 0 Å². The third-order valence-corrected chi connectivity index (χ3v) is 11.6. The summed E-state index contributed by atoms with van der Waals surface area (Å²) in [5, 5.41) is 0. The second kappa shape index (κ2) is 16.6. The summed E-state index contributed by atoms with van der Waals surface area (Å²) in [6.45, 7) is 1.33. The van der Waals surface area contributed by atoms with Gasteiger partial charge in [-0.3, -0.25) is 0 Å². The summed E-state index contributed by atoms with van der Waals surface area (Å²) in [6.07, 6.45) is 16.7. The first-order valence-electron chi connectivity index (χ1n) is 21.4. The molecule has 10 heteroatoms. The van der Waals surface area contributed by atoms with E-state index >= 15 is 0 Å². The van der Waals surface area contributed by atoms with Gasteiger partial charge in [-0.05, 0) is 96.1 Å². The number of hydrogen-bond acceptors (Lipinski definition) is 6.